The van der Waals surface area contributed by atoms with Gasteiger partial charge >= 0.3 is 0 Å². The molecule has 32 heavy (non-hydrogen) atoms. The van der Waals surface area contributed by atoms with Crippen LogP contribution in [0.4, 0.5) is 22.9 Å². The molecule has 3 heterocycles. The van der Waals surface area contributed by atoms with Gasteiger partial charge in [0.15, 0.2) is 0 Å². The predicted molar refractivity (Wildman–Crippen MR) is 128 cm³/mol. The zero-order chi connectivity index (χ0) is 22.7. The Labute approximate surface area is 189 Å². The molecule has 2 unspecified atom stereocenters. The number of carbonyl (C=O) groups is 1. The molecule has 8 heteroatoms. The normalized spacial score (nSPS) is 19.9. The number of hydrogen-bond donors (Lipinski definition) is 2. The van der Waals surface area contributed by atoms with Crippen LogP contribution in [0.3, 0.4) is 0 Å². The van der Waals surface area contributed by atoms with Gasteiger partial charge in [0.1, 0.15) is 11.5 Å². The molecule has 1 saturated heterocycles. The minimum Gasteiger partial charge on any atom is -0.383 e. The number of fused-ring (bicyclic) bond motifs is 1. The summed E-state index contributed by atoms with van der Waals surface area (Å²) in [5, 5.41) is 6.53. The number of ether oxygens (including phenoxy) is 2. The maximum Gasteiger partial charge on any atom is 0.274 e. The Bertz CT molecular complexity index is 961. The molecule has 0 bridgehead atoms. The number of carbonyl (C=O) groups excluding carboxylic acids is 1. The second-order valence-electron chi connectivity index (χ2n) is 8.56. The molecule has 4 rings (SSSR count). The van der Waals surface area contributed by atoms with Gasteiger partial charge < -0.3 is 29.9 Å². The van der Waals surface area contributed by atoms with Crippen LogP contribution in [0.25, 0.3) is 0 Å². The smallest absolute Gasteiger partial charge is 0.274 e. The first kappa shape index (κ1) is 22.4. The van der Waals surface area contributed by atoms with Crippen molar-refractivity contribution in [2.45, 2.75) is 25.8 Å². The number of aromatic nitrogens is 1. The van der Waals surface area contributed by atoms with Crippen molar-refractivity contribution in [3.63, 3.8) is 0 Å². The molecule has 2 aliphatic heterocycles. The monoisotopic (exact) mass is 439 g/mol. The van der Waals surface area contributed by atoms with Gasteiger partial charge in [0.25, 0.3) is 5.91 Å². The van der Waals surface area contributed by atoms with Crippen LogP contribution in [0.5, 0.6) is 0 Å². The van der Waals surface area contributed by atoms with Crippen molar-refractivity contribution < 1.29 is 14.3 Å². The Balaban J connectivity index is 1.59. The van der Waals surface area contributed by atoms with E-state index in [-0.39, 0.29) is 5.91 Å². The third kappa shape index (κ3) is 4.81. The molecule has 0 spiro atoms. The van der Waals surface area contributed by atoms with Gasteiger partial charge in [-0.2, -0.15) is 0 Å². The van der Waals surface area contributed by atoms with Crippen molar-refractivity contribution in [1.82, 2.24) is 4.98 Å². The predicted octanol–water partition coefficient (Wildman–Crippen LogP) is 3.17. The lowest BCUT2D eigenvalue weighted by Gasteiger charge is -2.29. The van der Waals surface area contributed by atoms with Gasteiger partial charge in [-0.05, 0) is 36.8 Å². The van der Waals surface area contributed by atoms with Crippen LogP contribution in [0, 0.1) is 0 Å². The molecule has 0 aliphatic carbocycles. The summed E-state index contributed by atoms with van der Waals surface area (Å²) in [5.74, 6) is 0.972. The van der Waals surface area contributed by atoms with Crippen LogP contribution in [-0.2, 0) is 9.47 Å². The zero-order valence-electron chi connectivity index (χ0n) is 19.4. The van der Waals surface area contributed by atoms with Crippen LogP contribution in [-0.4, -0.2) is 70.5 Å². The first-order chi connectivity index (χ1) is 15.5. The lowest BCUT2D eigenvalue weighted by Crippen LogP contribution is -2.37. The maximum absolute atomic E-state index is 13.2. The summed E-state index contributed by atoms with van der Waals surface area (Å²) in [6.07, 6.45) is 0. The van der Waals surface area contributed by atoms with E-state index < -0.39 is 0 Å². The lowest BCUT2D eigenvalue weighted by atomic mass is 9.98. The van der Waals surface area contributed by atoms with Crippen LogP contribution >= 0.6 is 0 Å². The number of methoxy groups -OCH3 is 1. The molecule has 1 fully saturated rings. The Hall–Kier alpha value is -2.84. The summed E-state index contributed by atoms with van der Waals surface area (Å²) in [7, 11) is 3.68. The van der Waals surface area contributed by atoms with Crippen molar-refractivity contribution in [3.8, 4) is 0 Å². The van der Waals surface area contributed by atoms with E-state index in [0.717, 1.165) is 42.5 Å². The number of likely N-dealkylation sites (N-methyl/N-ethyl adjacent to an activating group) is 1. The maximum atomic E-state index is 13.2. The van der Waals surface area contributed by atoms with Crippen LogP contribution < -0.4 is 20.4 Å². The van der Waals surface area contributed by atoms with E-state index in [2.05, 4.69) is 40.3 Å². The second kappa shape index (κ2) is 9.75. The lowest BCUT2D eigenvalue weighted by molar-refractivity contribution is 0.102. The zero-order valence-corrected chi connectivity index (χ0v) is 19.4. The van der Waals surface area contributed by atoms with Crippen LogP contribution in [0.15, 0.2) is 30.3 Å². The molecule has 1 aromatic carbocycles. The fourth-order valence-corrected chi connectivity index (χ4v) is 4.13. The topological polar surface area (TPSA) is 79.0 Å². The molecular formula is C24H33N5O3. The molecular weight excluding hydrogens is 406 g/mol. The number of hydrogen-bond acceptors (Lipinski definition) is 7. The van der Waals surface area contributed by atoms with Crippen molar-refractivity contribution in [2.24, 2.45) is 0 Å². The second-order valence-corrected chi connectivity index (χ2v) is 8.56. The third-order valence-electron chi connectivity index (χ3n) is 6.37. The number of pyridine rings is 1. The highest BCUT2D eigenvalue weighted by atomic mass is 16.5. The molecule has 172 valence electrons. The van der Waals surface area contributed by atoms with Gasteiger partial charge in [0.05, 0.1) is 19.8 Å². The summed E-state index contributed by atoms with van der Waals surface area (Å²) in [5.41, 5.74) is 4.48. The van der Waals surface area contributed by atoms with Gasteiger partial charge in [-0.1, -0.05) is 6.92 Å². The average molecular weight is 440 g/mol. The molecule has 2 aliphatic rings. The summed E-state index contributed by atoms with van der Waals surface area (Å²) >= 11 is 0. The van der Waals surface area contributed by atoms with E-state index in [1.807, 2.05) is 31.3 Å². The SMILES string of the molecule is COCCN(C)c1cc(C(=O)Nc2ccc3c(c2)C(C)C(C)N3)nc(N2CCOCC2)c1. The van der Waals surface area contributed by atoms with Gasteiger partial charge in [0, 0.05) is 68.9 Å². The van der Waals surface area contributed by atoms with Gasteiger partial charge in [0.2, 0.25) is 0 Å². The fourth-order valence-electron chi connectivity index (χ4n) is 4.13. The summed E-state index contributed by atoms with van der Waals surface area (Å²) in [6, 6.07) is 10.3. The standard InChI is InChI=1S/C24H33N5O3/c1-16-17(2)25-21-6-5-18(13-20(16)21)26-24(30)22-14-19(28(3)7-10-31-4)15-23(27-22)29-8-11-32-12-9-29/h5-6,13-17,25H,7-12H2,1-4H3,(H,26,30). The van der Waals surface area contributed by atoms with Gasteiger partial charge in [-0.3, -0.25) is 4.79 Å². The molecule has 0 saturated carbocycles. The van der Waals surface area contributed by atoms with Crippen molar-refractivity contribution in [3.05, 3.63) is 41.6 Å². The number of amides is 1. The Morgan fingerprint density at radius 1 is 1.28 bits per heavy atom. The van der Waals surface area contributed by atoms with Gasteiger partial charge in [-0.15, -0.1) is 0 Å². The fraction of sp³-hybridized carbons (Fsp3) is 0.500. The quantitative estimate of drug-likeness (QED) is 0.686. The van der Waals surface area contributed by atoms with E-state index in [1.165, 1.54) is 5.56 Å². The number of rotatable bonds is 7. The molecule has 8 nitrogen and oxygen atoms in total. The van der Waals surface area contributed by atoms with E-state index >= 15 is 0 Å². The summed E-state index contributed by atoms with van der Waals surface area (Å²) < 4.78 is 10.7. The molecule has 1 amide bonds. The van der Waals surface area contributed by atoms with E-state index in [4.69, 9.17) is 14.5 Å². The first-order valence-corrected chi connectivity index (χ1v) is 11.2. The molecule has 2 atom stereocenters. The highest BCUT2D eigenvalue weighted by Gasteiger charge is 2.25. The Morgan fingerprint density at radius 2 is 2.06 bits per heavy atom. The number of morpholine rings is 1. The first-order valence-electron chi connectivity index (χ1n) is 11.2. The van der Waals surface area contributed by atoms with E-state index in [0.29, 0.717) is 37.5 Å². The van der Waals surface area contributed by atoms with Crippen molar-refractivity contribution in [2.75, 3.05) is 74.0 Å². The van der Waals surface area contributed by atoms with Crippen molar-refractivity contribution in [1.29, 1.82) is 0 Å². The minimum absolute atomic E-state index is 0.215. The Kier molecular flexibility index (Phi) is 6.81. The molecule has 2 N–H and O–H groups in total. The molecule has 0 radical (unpaired) electrons. The Morgan fingerprint density at radius 3 is 2.81 bits per heavy atom. The molecule has 1 aromatic heterocycles. The molecule has 2 aromatic rings. The largest absolute Gasteiger partial charge is 0.383 e. The third-order valence-corrected chi connectivity index (χ3v) is 6.37. The number of benzene rings is 1. The number of nitrogens with one attached hydrogen (secondary N) is 2. The summed E-state index contributed by atoms with van der Waals surface area (Å²) in [4.78, 5) is 22.2. The number of anilines is 4. The van der Waals surface area contributed by atoms with Crippen LogP contribution in [0.1, 0.15) is 35.8 Å². The van der Waals surface area contributed by atoms with E-state index in [9.17, 15) is 4.79 Å². The van der Waals surface area contributed by atoms with Crippen LogP contribution in [0.2, 0.25) is 0 Å². The minimum atomic E-state index is -0.215. The van der Waals surface area contributed by atoms with Crippen molar-refractivity contribution >= 4 is 28.8 Å². The van der Waals surface area contributed by atoms with Gasteiger partial charge in [-0.25, -0.2) is 4.98 Å². The highest BCUT2D eigenvalue weighted by molar-refractivity contribution is 6.04. The summed E-state index contributed by atoms with van der Waals surface area (Å²) in [6.45, 7) is 8.53. The number of nitrogens with zero attached hydrogens (tertiary/aromatic N) is 3. The van der Waals surface area contributed by atoms with E-state index in [1.54, 1.807) is 7.11 Å². The average Bonchev–Trinajstić information content (AvgIpc) is 3.10. The highest BCUT2D eigenvalue weighted by Crippen LogP contribution is 2.37.